The van der Waals surface area contributed by atoms with Gasteiger partial charge >= 0.3 is 0 Å². The van der Waals surface area contributed by atoms with Crippen molar-refractivity contribution in [2.24, 2.45) is 0 Å². The summed E-state index contributed by atoms with van der Waals surface area (Å²) in [5, 5.41) is 3.66. The molecule has 0 radical (unpaired) electrons. The summed E-state index contributed by atoms with van der Waals surface area (Å²) in [6, 6.07) is 9.30. The summed E-state index contributed by atoms with van der Waals surface area (Å²) < 4.78 is 0. The molecule has 20 heavy (non-hydrogen) atoms. The van der Waals surface area contributed by atoms with E-state index in [0.29, 0.717) is 12.1 Å². The van der Waals surface area contributed by atoms with E-state index in [0.717, 1.165) is 0 Å². The molecular formula is C18H24N2. The molecule has 0 bridgehead atoms. The maximum absolute atomic E-state index is 4.19. The van der Waals surface area contributed by atoms with Crippen molar-refractivity contribution in [2.75, 3.05) is 0 Å². The monoisotopic (exact) mass is 268 g/mol. The third kappa shape index (κ3) is 3.26. The van der Waals surface area contributed by atoms with Gasteiger partial charge in [0.2, 0.25) is 0 Å². The molecule has 106 valence electrons. The first kappa shape index (κ1) is 14.7. The van der Waals surface area contributed by atoms with Crippen LogP contribution in [-0.4, -0.2) is 4.98 Å². The van der Waals surface area contributed by atoms with E-state index >= 15 is 0 Å². The number of benzene rings is 1. The third-order valence-corrected chi connectivity index (χ3v) is 4.03. The predicted octanol–water partition coefficient (Wildman–Crippen LogP) is 4.42. The summed E-state index contributed by atoms with van der Waals surface area (Å²) in [6.07, 6.45) is 3.74. The van der Waals surface area contributed by atoms with Gasteiger partial charge in [0.15, 0.2) is 0 Å². The minimum absolute atomic E-state index is 0.291. The van der Waals surface area contributed by atoms with E-state index in [1.165, 1.54) is 27.8 Å². The number of hydrogen-bond donors (Lipinski definition) is 1. The average Bonchev–Trinajstić information content (AvgIpc) is 2.43. The highest BCUT2D eigenvalue weighted by molar-refractivity contribution is 5.38. The fourth-order valence-electron chi connectivity index (χ4n) is 2.64. The minimum Gasteiger partial charge on any atom is -0.304 e. The summed E-state index contributed by atoms with van der Waals surface area (Å²) in [5.74, 6) is 0. The second-order valence-corrected chi connectivity index (χ2v) is 5.69. The molecule has 0 aliphatic carbocycles. The lowest BCUT2D eigenvalue weighted by atomic mass is 9.96. The first-order valence-electron chi connectivity index (χ1n) is 7.22. The van der Waals surface area contributed by atoms with Crippen LogP contribution < -0.4 is 5.32 Å². The molecule has 1 heterocycles. The number of rotatable bonds is 4. The molecule has 1 aromatic heterocycles. The molecule has 0 fully saturated rings. The molecule has 2 heteroatoms. The van der Waals surface area contributed by atoms with E-state index in [4.69, 9.17) is 0 Å². The molecule has 2 atom stereocenters. The van der Waals surface area contributed by atoms with Gasteiger partial charge in [-0.3, -0.25) is 4.98 Å². The van der Waals surface area contributed by atoms with Crippen LogP contribution in [-0.2, 0) is 0 Å². The Bertz CT molecular complexity index is 575. The van der Waals surface area contributed by atoms with Gasteiger partial charge in [-0.2, -0.15) is 0 Å². The molecule has 0 aliphatic rings. The molecule has 2 nitrogen and oxygen atoms in total. The van der Waals surface area contributed by atoms with Crippen LogP contribution in [0.5, 0.6) is 0 Å². The zero-order chi connectivity index (χ0) is 14.7. The molecule has 2 rings (SSSR count). The Morgan fingerprint density at radius 3 is 2.30 bits per heavy atom. The van der Waals surface area contributed by atoms with Crippen LogP contribution in [0.2, 0.25) is 0 Å². The third-order valence-electron chi connectivity index (χ3n) is 4.03. The van der Waals surface area contributed by atoms with E-state index in [1.807, 2.05) is 18.5 Å². The summed E-state index contributed by atoms with van der Waals surface area (Å²) in [6.45, 7) is 10.9. The van der Waals surface area contributed by atoms with Gasteiger partial charge in [-0.25, -0.2) is 0 Å². The first-order chi connectivity index (χ1) is 9.49. The topological polar surface area (TPSA) is 24.9 Å². The Morgan fingerprint density at radius 1 is 0.950 bits per heavy atom. The lowest BCUT2D eigenvalue weighted by molar-refractivity contribution is 0.492. The van der Waals surface area contributed by atoms with Crippen molar-refractivity contribution in [3.63, 3.8) is 0 Å². The van der Waals surface area contributed by atoms with E-state index in [9.17, 15) is 0 Å². The van der Waals surface area contributed by atoms with Crippen molar-refractivity contribution in [3.05, 3.63) is 64.5 Å². The van der Waals surface area contributed by atoms with Crippen LogP contribution in [0, 0.1) is 20.8 Å². The normalized spacial score (nSPS) is 14.1. The molecule has 2 aromatic rings. The van der Waals surface area contributed by atoms with E-state index in [1.54, 1.807) is 0 Å². The van der Waals surface area contributed by atoms with Crippen molar-refractivity contribution in [1.82, 2.24) is 10.3 Å². The zero-order valence-corrected chi connectivity index (χ0v) is 13.1. The van der Waals surface area contributed by atoms with Gasteiger partial charge < -0.3 is 5.32 Å². The Morgan fingerprint density at radius 2 is 1.65 bits per heavy atom. The number of hydrogen-bond acceptors (Lipinski definition) is 2. The van der Waals surface area contributed by atoms with Crippen molar-refractivity contribution in [2.45, 2.75) is 46.7 Å². The van der Waals surface area contributed by atoms with Crippen LogP contribution >= 0.6 is 0 Å². The molecule has 0 saturated heterocycles. The summed E-state index contributed by atoms with van der Waals surface area (Å²) in [7, 11) is 0. The van der Waals surface area contributed by atoms with Crippen LogP contribution in [0.15, 0.2) is 36.7 Å². The Kier molecular flexibility index (Phi) is 4.56. The lowest BCUT2D eigenvalue weighted by Gasteiger charge is -2.23. The molecule has 0 aliphatic heterocycles. The van der Waals surface area contributed by atoms with Gasteiger partial charge in [-0.15, -0.1) is 0 Å². The Hall–Kier alpha value is -1.67. The maximum Gasteiger partial charge on any atom is 0.0315 e. The smallest absolute Gasteiger partial charge is 0.0315 e. The number of nitrogens with one attached hydrogen (secondary N) is 1. The predicted molar refractivity (Wildman–Crippen MR) is 84.9 cm³/mol. The van der Waals surface area contributed by atoms with E-state index in [2.05, 4.69) is 63.1 Å². The highest BCUT2D eigenvalue weighted by Crippen LogP contribution is 2.24. The van der Waals surface area contributed by atoms with Gasteiger partial charge in [0.05, 0.1) is 0 Å². The summed E-state index contributed by atoms with van der Waals surface area (Å²) in [4.78, 5) is 4.19. The number of nitrogens with zero attached hydrogens (tertiary/aromatic N) is 1. The van der Waals surface area contributed by atoms with Crippen molar-refractivity contribution >= 4 is 0 Å². The standard InChI is InChI=1S/C18H24N2/c1-12-9-14(3)18(10-13(12)2)16(5)20-15(4)17-7-6-8-19-11-17/h6-11,15-16,20H,1-5H3. The molecule has 0 amide bonds. The maximum atomic E-state index is 4.19. The molecule has 2 unspecified atom stereocenters. The molecule has 1 N–H and O–H groups in total. The highest BCUT2D eigenvalue weighted by atomic mass is 14.9. The van der Waals surface area contributed by atoms with Gasteiger partial charge in [-0.05, 0) is 68.5 Å². The van der Waals surface area contributed by atoms with Crippen LogP contribution in [0.3, 0.4) is 0 Å². The second kappa shape index (κ2) is 6.19. The largest absolute Gasteiger partial charge is 0.304 e. The first-order valence-corrected chi connectivity index (χ1v) is 7.22. The molecule has 1 aromatic carbocycles. The van der Waals surface area contributed by atoms with Crippen molar-refractivity contribution in [3.8, 4) is 0 Å². The Balaban J connectivity index is 2.16. The van der Waals surface area contributed by atoms with Crippen LogP contribution in [0.4, 0.5) is 0 Å². The zero-order valence-electron chi connectivity index (χ0n) is 13.1. The van der Waals surface area contributed by atoms with Gasteiger partial charge in [-0.1, -0.05) is 18.2 Å². The highest BCUT2D eigenvalue weighted by Gasteiger charge is 2.13. The average molecular weight is 268 g/mol. The summed E-state index contributed by atoms with van der Waals surface area (Å²) in [5.41, 5.74) is 6.67. The molecular weight excluding hydrogens is 244 g/mol. The fourth-order valence-corrected chi connectivity index (χ4v) is 2.64. The Labute approximate surface area is 122 Å². The van der Waals surface area contributed by atoms with E-state index < -0.39 is 0 Å². The lowest BCUT2D eigenvalue weighted by Crippen LogP contribution is -2.23. The second-order valence-electron chi connectivity index (χ2n) is 5.69. The van der Waals surface area contributed by atoms with Crippen molar-refractivity contribution in [1.29, 1.82) is 0 Å². The fraction of sp³-hybridized carbons (Fsp3) is 0.389. The van der Waals surface area contributed by atoms with Crippen LogP contribution in [0.1, 0.15) is 53.7 Å². The molecule has 0 spiro atoms. The number of aromatic nitrogens is 1. The molecule has 0 saturated carbocycles. The van der Waals surface area contributed by atoms with Crippen molar-refractivity contribution < 1.29 is 0 Å². The van der Waals surface area contributed by atoms with Gasteiger partial charge in [0, 0.05) is 24.5 Å². The number of aryl methyl sites for hydroxylation is 3. The quantitative estimate of drug-likeness (QED) is 0.888. The summed E-state index contributed by atoms with van der Waals surface area (Å²) >= 11 is 0. The SMILES string of the molecule is Cc1cc(C)c(C(C)NC(C)c2cccnc2)cc1C. The van der Waals surface area contributed by atoms with E-state index in [-0.39, 0.29) is 0 Å². The van der Waals surface area contributed by atoms with Gasteiger partial charge in [0.1, 0.15) is 0 Å². The number of pyridine rings is 1. The minimum atomic E-state index is 0.291. The van der Waals surface area contributed by atoms with Gasteiger partial charge in [0.25, 0.3) is 0 Å². The van der Waals surface area contributed by atoms with Crippen LogP contribution in [0.25, 0.3) is 0 Å².